The van der Waals surface area contributed by atoms with Crippen molar-refractivity contribution >= 4 is 28.9 Å². The quantitative estimate of drug-likeness (QED) is 0.795. The maximum Gasteiger partial charge on any atom is 0.275 e. The monoisotopic (exact) mass is 232 g/mol. The number of amides is 1. The number of nitrogens with one attached hydrogen (secondary N) is 1. The largest absolute Gasteiger partial charge is 0.300 e. The first-order chi connectivity index (χ1) is 7.79. The molecule has 0 saturated heterocycles. The molecule has 4 heteroatoms. The van der Waals surface area contributed by atoms with E-state index < -0.39 is 0 Å². The lowest BCUT2D eigenvalue weighted by molar-refractivity contribution is -0.115. The second kappa shape index (κ2) is 4.99. The topological polar surface area (TPSA) is 41.5 Å². The second-order valence-electron chi connectivity index (χ2n) is 3.24. The van der Waals surface area contributed by atoms with Gasteiger partial charge >= 0.3 is 0 Å². The third kappa shape index (κ3) is 2.52. The van der Waals surface area contributed by atoms with Crippen LogP contribution in [0, 0.1) is 0 Å². The SMILES string of the molecule is CCSC1=N/C(=C/c2ccccc2)C(=O)N1. The van der Waals surface area contributed by atoms with Crippen molar-refractivity contribution in [3.05, 3.63) is 41.6 Å². The van der Waals surface area contributed by atoms with Crippen molar-refractivity contribution < 1.29 is 4.79 Å². The van der Waals surface area contributed by atoms with Gasteiger partial charge in [-0.15, -0.1) is 0 Å². The van der Waals surface area contributed by atoms with Crippen molar-refractivity contribution in [2.45, 2.75) is 6.92 Å². The van der Waals surface area contributed by atoms with Gasteiger partial charge in [-0.25, -0.2) is 4.99 Å². The average Bonchev–Trinajstić information content (AvgIpc) is 2.61. The fourth-order valence-electron chi connectivity index (χ4n) is 1.36. The summed E-state index contributed by atoms with van der Waals surface area (Å²) in [5.74, 6) is 0.775. The number of hydrogen-bond donors (Lipinski definition) is 1. The summed E-state index contributed by atoms with van der Waals surface area (Å²) in [6.45, 7) is 2.03. The number of thioether (sulfide) groups is 1. The molecule has 1 amide bonds. The Kier molecular flexibility index (Phi) is 3.41. The molecular formula is C12H12N2OS. The van der Waals surface area contributed by atoms with Gasteiger partial charge in [-0.2, -0.15) is 0 Å². The van der Waals surface area contributed by atoms with Crippen LogP contribution in [0.2, 0.25) is 0 Å². The second-order valence-corrected chi connectivity index (χ2v) is 4.50. The van der Waals surface area contributed by atoms with Crippen molar-refractivity contribution in [2.24, 2.45) is 4.99 Å². The van der Waals surface area contributed by atoms with Gasteiger partial charge in [0.1, 0.15) is 5.70 Å². The first-order valence-electron chi connectivity index (χ1n) is 5.09. The molecule has 0 bridgehead atoms. The average molecular weight is 232 g/mol. The Bertz CT molecular complexity index is 451. The molecule has 0 spiro atoms. The number of carbonyl (C=O) groups is 1. The molecule has 1 heterocycles. The van der Waals surface area contributed by atoms with E-state index in [4.69, 9.17) is 0 Å². The zero-order valence-electron chi connectivity index (χ0n) is 8.93. The number of hydrogen-bond acceptors (Lipinski definition) is 3. The summed E-state index contributed by atoms with van der Waals surface area (Å²) in [4.78, 5) is 15.8. The normalized spacial score (nSPS) is 17.4. The first kappa shape index (κ1) is 11.0. The summed E-state index contributed by atoms with van der Waals surface area (Å²) < 4.78 is 0. The van der Waals surface area contributed by atoms with Crippen molar-refractivity contribution in [3.63, 3.8) is 0 Å². The lowest BCUT2D eigenvalue weighted by Gasteiger charge is -1.94. The highest BCUT2D eigenvalue weighted by molar-refractivity contribution is 8.13. The summed E-state index contributed by atoms with van der Waals surface area (Å²) in [5.41, 5.74) is 1.46. The molecule has 1 N–H and O–H groups in total. The van der Waals surface area contributed by atoms with Crippen LogP contribution in [0.3, 0.4) is 0 Å². The Labute approximate surface area is 98.7 Å². The lowest BCUT2D eigenvalue weighted by Crippen LogP contribution is -2.21. The van der Waals surface area contributed by atoms with Gasteiger partial charge in [-0.1, -0.05) is 49.0 Å². The van der Waals surface area contributed by atoms with E-state index in [1.807, 2.05) is 37.3 Å². The van der Waals surface area contributed by atoms with E-state index in [1.54, 1.807) is 6.08 Å². The molecule has 16 heavy (non-hydrogen) atoms. The minimum Gasteiger partial charge on any atom is -0.300 e. The fraction of sp³-hybridized carbons (Fsp3) is 0.167. The van der Waals surface area contributed by atoms with E-state index in [-0.39, 0.29) is 5.91 Å². The van der Waals surface area contributed by atoms with Crippen LogP contribution in [0.15, 0.2) is 41.0 Å². The summed E-state index contributed by atoms with van der Waals surface area (Å²) in [5, 5.41) is 3.42. The molecule has 1 aliphatic heterocycles. The van der Waals surface area contributed by atoms with Gasteiger partial charge in [-0.05, 0) is 17.4 Å². The number of benzene rings is 1. The highest BCUT2D eigenvalue weighted by atomic mass is 32.2. The van der Waals surface area contributed by atoms with E-state index in [1.165, 1.54) is 11.8 Å². The van der Waals surface area contributed by atoms with Crippen LogP contribution in [0.25, 0.3) is 6.08 Å². The van der Waals surface area contributed by atoms with E-state index in [0.717, 1.165) is 11.3 Å². The number of nitrogens with zero attached hydrogens (tertiary/aromatic N) is 1. The number of rotatable bonds is 2. The lowest BCUT2D eigenvalue weighted by atomic mass is 10.2. The molecule has 0 aromatic heterocycles. The van der Waals surface area contributed by atoms with Crippen LogP contribution in [-0.4, -0.2) is 16.8 Å². The fourth-order valence-corrected chi connectivity index (χ4v) is 1.96. The molecule has 0 fully saturated rings. The third-order valence-corrected chi connectivity index (χ3v) is 2.81. The van der Waals surface area contributed by atoms with Gasteiger partial charge in [-0.3, -0.25) is 10.1 Å². The van der Waals surface area contributed by atoms with E-state index in [0.29, 0.717) is 10.9 Å². The smallest absolute Gasteiger partial charge is 0.275 e. The van der Waals surface area contributed by atoms with Crippen LogP contribution in [0.5, 0.6) is 0 Å². The molecule has 0 saturated carbocycles. The van der Waals surface area contributed by atoms with Crippen LogP contribution < -0.4 is 5.32 Å². The molecule has 3 nitrogen and oxygen atoms in total. The Morgan fingerprint density at radius 3 is 2.81 bits per heavy atom. The van der Waals surface area contributed by atoms with Crippen molar-refractivity contribution in [1.82, 2.24) is 5.32 Å². The maximum absolute atomic E-state index is 11.6. The zero-order valence-corrected chi connectivity index (χ0v) is 9.75. The van der Waals surface area contributed by atoms with Crippen LogP contribution in [-0.2, 0) is 4.79 Å². The van der Waals surface area contributed by atoms with Gasteiger partial charge < -0.3 is 0 Å². The molecular weight excluding hydrogens is 220 g/mol. The Morgan fingerprint density at radius 1 is 1.38 bits per heavy atom. The number of carbonyl (C=O) groups excluding carboxylic acids is 1. The predicted octanol–water partition coefficient (Wildman–Crippen LogP) is 2.27. The summed E-state index contributed by atoms with van der Waals surface area (Å²) in [6, 6.07) is 9.70. The van der Waals surface area contributed by atoms with Gasteiger partial charge in [0.15, 0.2) is 5.17 Å². The molecule has 1 aromatic rings. The van der Waals surface area contributed by atoms with Crippen molar-refractivity contribution in [3.8, 4) is 0 Å². The number of amidine groups is 1. The molecule has 0 radical (unpaired) electrons. The standard InChI is InChI=1S/C12H12N2OS/c1-2-16-12-13-10(11(15)14-12)8-9-6-4-3-5-7-9/h3-8H,2H2,1H3,(H,13,14,15)/b10-8+. The van der Waals surface area contributed by atoms with Crippen molar-refractivity contribution in [1.29, 1.82) is 0 Å². The molecule has 1 aliphatic rings. The minimum absolute atomic E-state index is 0.125. The van der Waals surface area contributed by atoms with E-state index >= 15 is 0 Å². The molecule has 1 aromatic carbocycles. The van der Waals surface area contributed by atoms with E-state index in [2.05, 4.69) is 10.3 Å². The first-order valence-corrected chi connectivity index (χ1v) is 6.07. The van der Waals surface area contributed by atoms with Gasteiger partial charge in [0.2, 0.25) is 0 Å². The van der Waals surface area contributed by atoms with Gasteiger partial charge in [0.05, 0.1) is 0 Å². The minimum atomic E-state index is -0.125. The number of aliphatic imine (C=N–C) groups is 1. The van der Waals surface area contributed by atoms with E-state index in [9.17, 15) is 4.79 Å². The maximum atomic E-state index is 11.6. The Hall–Kier alpha value is -1.55. The third-order valence-electron chi connectivity index (χ3n) is 2.06. The Balaban J connectivity index is 2.22. The molecule has 0 unspecified atom stereocenters. The van der Waals surface area contributed by atoms with Crippen molar-refractivity contribution in [2.75, 3.05) is 5.75 Å². The summed E-state index contributed by atoms with van der Waals surface area (Å²) in [6.07, 6.45) is 1.79. The summed E-state index contributed by atoms with van der Waals surface area (Å²) >= 11 is 1.53. The predicted molar refractivity (Wildman–Crippen MR) is 68.1 cm³/mol. The van der Waals surface area contributed by atoms with Crippen LogP contribution in [0.4, 0.5) is 0 Å². The molecule has 2 rings (SSSR count). The summed E-state index contributed by atoms with van der Waals surface area (Å²) in [7, 11) is 0. The van der Waals surface area contributed by atoms with Gasteiger partial charge in [0.25, 0.3) is 5.91 Å². The Morgan fingerprint density at radius 2 is 2.12 bits per heavy atom. The highest BCUT2D eigenvalue weighted by Gasteiger charge is 2.19. The van der Waals surface area contributed by atoms with Crippen LogP contribution in [0.1, 0.15) is 12.5 Å². The molecule has 0 aliphatic carbocycles. The zero-order chi connectivity index (χ0) is 11.4. The van der Waals surface area contributed by atoms with Gasteiger partial charge in [0, 0.05) is 0 Å². The molecule has 82 valence electrons. The molecule has 0 atom stereocenters. The highest BCUT2D eigenvalue weighted by Crippen LogP contribution is 2.15. The van der Waals surface area contributed by atoms with Crippen LogP contribution >= 0.6 is 11.8 Å².